The average molecular weight is 389 g/mol. The van der Waals surface area contributed by atoms with E-state index in [2.05, 4.69) is 24.0 Å². The standard InChI is InChI=1S/C22H28O2S2/c1-3-9-23-21-15-20(18-26-13-7-8-14-26)22(24-10-4-2)16-19(21)17-25-11-5-6-12-25/h1-2,15-16H,5-14,17-18H2/q+2. The summed E-state index contributed by atoms with van der Waals surface area (Å²) in [5.41, 5.74) is 2.46. The molecule has 26 heavy (non-hydrogen) atoms. The second kappa shape index (κ2) is 10.1. The molecular formula is C22H28O2S2+2. The van der Waals surface area contributed by atoms with Gasteiger partial charge in [-0.25, -0.2) is 0 Å². The Hall–Kier alpha value is -1.36. The van der Waals surface area contributed by atoms with Crippen molar-refractivity contribution in [1.82, 2.24) is 0 Å². The highest BCUT2D eigenvalue weighted by atomic mass is 32.2. The summed E-state index contributed by atoms with van der Waals surface area (Å²) in [4.78, 5) is 0. The quantitative estimate of drug-likeness (QED) is 0.501. The van der Waals surface area contributed by atoms with E-state index in [4.69, 9.17) is 22.3 Å². The van der Waals surface area contributed by atoms with Crippen molar-refractivity contribution in [2.75, 3.05) is 36.2 Å². The smallest absolute Gasteiger partial charge is 0.148 e. The zero-order chi connectivity index (χ0) is 18.2. The summed E-state index contributed by atoms with van der Waals surface area (Å²) in [6, 6.07) is 4.37. The molecule has 138 valence electrons. The van der Waals surface area contributed by atoms with Crippen molar-refractivity contribution in [2.45, 2.75) is 37.2 Å². The maximum absolute atomic E-state index is 5.94. The lowest BCUT2D eigenvalue weighted by Crippen LogP contribution is -2.12. The topological polar surface area (TPSA) is 18.5 Å². The van der Waals surface area contributed by atoms with Gasteiger partial charge in [0.25, 0.3) is 0 Å². The molecule has 2 saturated heterocycles. The van der Waals surface area contributed by atoms with Crippen molar-refractivity contribution in [3.63, 3.8) is 0 Å². The summed E-state index contributed by atoms with van der Waals surface area (Å²) in [5.74, 6) is 14.6. The molecule has 0 spiro atoms. The van der Waals surface area contributed by atoms with Gasteiger partial charge in [0.15, 0.2) is 0 Å². The van der Waals surface area contributed by atoms with Gasteiger partial charge in [0.1, 0.15) is 59.2 Å². The molecule has 0 saturated carbocycles. The summed E-state index contributed by atoms with van der Waals surface area (Å²) >= 11 is 0. The first-order chi connectivity index (χ1) is 12.8. The van der Waals surface area contributed by atoms with Crippen molar-refractivity contribution in [2.24, 2.45) is 0 Å². The highest BCUT2D eigenvalue weighted by molar-refractivity contribution is 7.96. The van der Waals surface area contributed by atoms with Crippen LogP contribution in [0.2, 0.25) is 0 Å². The van der Waals surface area contributed by atoms with Crippen LogP contribution in [0.15, 0.2) is 12.1 Å². The van der Waals surface area contributed by atoms with Gasteiger partial charge >= 0.3 is 0 Å². The normalized spacial score (nSPS) is 17.8. The van der Waals surface area contributed by atoms with Crippen molar-refractivity contribution in [1.29, 1.82) is 0 Å². The second-order valence-electron chi connectivity index (χ2n) is 6.80. The van der Waals surface area contributed by atoms with Gasteiger partial charge in [-0.1, -0.05) is 11.8 Å². The van der Waals surface area contributed by atoms with Crippen LogP contribution in [-0.4, -0.2) is 36.2 Å². The van der Waals surface area contributed by atoms with Crippen molar-refractivity contribution >= 4 is 21.8 Å². The largest absolute Gasteiger partial charge is 0.480 e. The van der Waals surface area contributed by atoms with Crippen LogP contribution in [0.25, 0.3) is 0 Å². The first kappa shape index (κ1) is 19.4. The minimum Gasteiger partial charge on any atom is -0.480 e. The molecule has 2 aliphatic heterocycles. The van der Waals surface area contributed by atoms with E-state index in [1.54, 1.807) is 0 Å². The molecule has 0 aliphatic carbocycles. The predicted octanol–water partition coefficient (Wildman–Crippen LogP) is 3.53. The van der Waals surface area contributed by atoms with E-state index in [1.807, 2.05) is 0 Å². The molecule has 0 radical (unpaired) electrons. The predicted molar refractivity (Wildman–Crippen MR) is 115 cm³/mol. The Morgan fingerprint density at radius 2 is 1.12 bits per heavy atom. The average Bonchev–Trinajstić information content (AvgIpc) is 3.34. The minimum atomic E-state index is 0.316. The molecule has 2 aliphatic rings. The number of terminal acetylenes is 2. The number of ether oxygens (including phenoxy) is 2. The Bertz CT molecular complexity index is 615. The van der Waals surface area contributed by atoms with Gasteiger partial charge in [0.2, 0.25) is 0 Å². The van der Waals surface area contributed by atoms with Crippen LogP contribution in [0.3, 0.4) is 0 Å². The van der Waals surface area contributed by atoms with Crippen molar-refractivity contribution in [3.05, 3.63) is 23.3 Å². The van der Waals surface area contributed by atoms with E-state index in [-0.39, 0.29) is 0 Å². The number of rotatable bonds is 8. The molecule has 2 fully saturated rings. The van der Waals surface area contributed by atoms with Crippen LogP contribution in [0.5, 0.6) is 11.5 Å². The summed E-state index contributed by atoms with van der Waals surface area (Å²) in [6.45, 7) is 0.632. The Morgan fingerprint density at radius 1 is 0.731 bits per heavy atom. The fraction of sp³-hybridized carbons (Fsp3) is 0.545. The summed E-state index contributed by atoms with van der Waals surface area (Å²) in [7, 11) is 0.911. The van der Waals surface area contributed by atoms with Gasteiger partial charge in [0.05, 0.1) is 0 Å². The third kappa shape index (κ3) is 5.32. The van der Waals surface area contributed by atoms with Crippen LogP contribution >= 0.6 is 0 Å². The maximum Gasteiger partial charge on any atom is 0.148 e. The lowest BCUT2D eigenvalue weighted by atomic mass is 10.1. The molecule has 3 rings (SSSR count). The molecule has 0 aromatic heterocycles. The Balaban J connectivity index is 1.87. The third-order valence-electron chi connectivity index (χ3n) is 4.82. The molecule has 1 aromatic carbocycles. The number of hydrogen-bond acceptors (Lipinski definition) is 2. The zero-order valence-corrected chi connectivity index (χ0v) is 17.1. The van der Waals surface area contributed by atoms with Gasteiger partial charge in [0, 0.05) is 11.1 Å². The van der Waals surface area contributed by atoms with Gasteiger partial charge in [-0.3, -0.25) is 0 Å². The number of hydrogen-bond donors (Lipinski definition) is 0. The zero-order valence-electron chi connectivity index (χ0n) is 15.4. The van der Waals surface area contributed by atoms with Gasteiger partial charge in [-0.2, -0.15) is 0 Å². The van der Waals surface area contributed by atoms with Crippen molar-refractivity contribution < 1.29 is 9.47 Å². The molecule has 2 heterocycles. The van der Waals surface area contributed by atoms with Crippen molar-refractivity contribution in [3.8, 4) is 36.2 Å². The van der Waals surface area contributed by atoms with Crippen LogP contribution < -0.4 is 9.47 Å². The SMILES string of the molecule is C#CCOc1cc(C[S+]2CCCC2)c(OCC#C)cc1C[S+]1CCCC1. The summed E-state index contributed by atoms with van der Waals surface area (Å²) < 4.78 is 11.9. The molecule has 0 bridgehead atoms. The van der Waals surface area contributed by atoms with Gasteiger partial charge in [-0.15, -0.1) is 12.8 Å². The molecule has 2 nitrogen and oxygen atoms in total. The summed E-state index contributed by atoms with van der Waals surface area (Å²) in [5, 5.41) is 0. The number of benzene rings is 1. The fourth-order valence-electron chi connectivity index (χ4n) is 3.53. The maximum atomic E-state index is 5.94. The molecule has 1 aromatic rings. The lowest BCUT2D eigenvalue weighted by molar-refractivity contribution is 0.355. The van der Waals surface area contributed by atoms with E-state index in [9.17, 15) is 0 Å². The Morgan fingerprint density at radius 3 is 1.46 bits per heavy atom. The highest BCUT2D eigenvalue weighted by Crippen LogP contribution is 2.34. The molecule has 0 unspecified atom stereocenters. The molecule has 0 atom stereocenters. The van der Waals surface area contributed by atoms with E-state index in [0.29, 0.717) is 35.0 Å². The van der Waals surface area contributed by atoms with E-state index in [1.165, 1.54) is 59.8 Å². The molecule has 4 heteroatoms. The Kier molecular flexibility index (Phi) is 7.54. The summed E-state index contributed by atoms with van der Waals surface area (Å²) in [6.07, 6.45) is 16.3. The van der Waals surface area contributed by atoms with Crippen LogP contribution in [0, 0.1) is 24.7 Å². The second-order valence-corrected chi connectivity index (χ2v) is 11.5. The molecule has 0 N–H and O–H groups in total. The lowest BCUT2D eigenvalue weighted by Gasteiger charge is -2.15. The molecular weight excluding hydrogens is 360 g/mol. The van der Waals surface area contributed by atoms with Gasteiger partial charge in [-0.05, 0) is 59.6 Å². The van der Waals surface area contributed by atoms with Gasteiger partial charge < -0.3 is 9.47 Å². The third-order valence-corrected chi connectivity index (χ3v) is 9.72. The molecule has 0 amide bonds. The Labute approximate surface area is 164 Å². The van der Waals surface area contributed by atoms with Crippen LogP contribution in [0.1, 0.15) is 36.8 Å². The van der Waals surface area contributed by atoms with E-state index >= 15 is 0 Å². The van der Waals surface area contributed by atoms with E-state index < -0.39 is 0 Å². The fourth-order valence-corrected chi connectivity index (χ4v) is 8.30. The van der Waals surface area contributed by atoms with Crippen LogP contribution in [-0.2, 0) is 33.3 Å². The monoisotopic (exact) mass is 388 g/mol. The van der Waals surface area contributed by atoms with E-state index in [0.717, 1.165) is 23.0 Å². The van der Waals surface area contributed by atoms with Crippen LogP contribution in [0.4, 0.5) is 0 Å². The minimum absolute atomic E-state index is 0.316. The first-order valence-corrected chi connectivity index (χ1v) is 12.8. The first-order valence-electron chi connectivity index (χ1n) is 9.36. The highest BCUT2D eigenvalue weighted by Gasteiger charge is 2.29.